The first kappa shape index (κ1) is 15.9. The number of morpholine rings is 1. The summed E-state index contributed by atoms with van der Waals surface area (Å²) in [6.45, 7) is 3.81. The van der Waals surface area contributed by atoms with Crippen LogP contribution < -0.4 is 16.0 Å². The molecule has 0 saturated carbocycles. The van der Waals surface area contributed by atoms with E-state index in [1.165, 1.54) is 0 Å². The molecule has 7 nitrogen and oxygen atoms in total. The molecule has 23 heavy (non-hydrogen) atoms. The number of carbonyl (C=O) groups excluding carboxylic acids is 2. The highest BCUT2D eigenvalue weighted by Gasteiger charge is 2.38. The van der Waals surface area contributed by atoms with E-state index < -0.39 is 5.54 Å². The Balaban J connectivity index is 1.74. The molecule has 3 rings (SSSR count). The van der Waals surface area contributed by atoms with Gasteiger partial charge in [-0.05, 0) is 37.1 Å². The van der Waals surface area contributed by atoms with Gasteiger partial charge in [0.1, 0.15) is 12.1 Å². The first-order valence-corrected chi connectivity index (χ1v) is 7.66. The van der Waals surface area contributed by atoms with Gasteiger partial charge in [-0.15, -0.1) is 0 Å². The highest BCUT2D eigenvalue weighted by atomic mass is 16.5. The molecule has 2 aliphatic rings. The number of rotatable bonds is 3. The Bertz CT molecular complexity index is 626. The normalized spacial score (nSPS) is 24.8. The number of hydrogen-bond donors (Lipinski definition) is 2. The molecule has 3 N–H and O–H groups in total. The summed E-state index contributed by atoms with van der Waals surface area (Å²) in [4.78, 5) is 25.9. The number of nitrogens with one attached hydrogen (secondary N) is 1. The molecule has 0 radical (unpaired) electrons. The van der Waals surface area contributed by atoms with Crippen LogP contribution >= 0.6 is 0 Å². The molecule has 124 valence electrons. The van der Waals surface area contributed by atoms with Crippen molar-refractivity contribution < 1.29 is 19.1 Å². The number of ether oxygens (including phenoxy) is 2. The van der Waals surface area contributed by atoms with Gasteiger partial charge in [-0.2, -0.15) is 0 Å². The summed E-state index contributed by atoms with van der Waals surface area (Å²) in [6.07, 6.45) is 0.512. The van der Waals surface area contributed by atoms with Crippen LogP contribution in [0.1, 0.15) is 12.0 Å². The minimum Gasteiger partial charge on any atom is -0.379 e. The number of nitrogens with zero attached hydrogens (tertiary/aromatic N) is 1. The van der Waals surface area contributed by atoms with Gasteiger partial charge in [0.2, 0.25) is 5.91 Å². The van der Waals surface area contributed by atoms with Crippen molar-refractivity contribution in [2.24, 2.45) is 5.73 Å². The predicted octanol–water partition coefficient (Wildman–Crippen LogP) is 0.415. The third kappa shape index (κ3) is 3.21. The van der Waals surface area contributed by atoms with E-state index in [2.05, 4.69) is 5.32 Å². The Morgan fingerprint density at radius 1 is 1.35 bits per heavy atom. The third-order valence-electron chi connectivity index (χ3n) is 4.24. The number of benzene rings is 1. The van der Waals surface area contributed by atoms with Crippen molar-refractivity contribution in [2.75, 3.05) is 43.2 Å². The van der Waals surface area contributed by atoms with Gasteiger partial charge in [0.25, 0.3) is 5.91 Å². The highest BCUT2D eigenvalue weighted by Crippen LogP contribution is 2.26. The van der Waals surface area contributed by atoms with Crippen LogP contribution in [0.25, 0.3) is 0 Å². The molecule has 1 unspecified atom stereocenters. The summed E-state index contributed by atoms with van der Waals surface area (Å²) in [5.74, 6) is -0.301. The fourth-order valence-corrected chi connectivity index (χ4v) is 2.82. The topological polar surface area (TPSA) is 93.9 Å². The third-order valence-corrected chi connectivity index (χ3v) is 4.24. The standard InChI is InChI=1S/C16H21N3O4/c1-11-8-12(18-15(21)16(17)4-6-23-10-16)2-3-13(11)19-5-7-22-9-14(19)20/h2-3,8H,4-7,9-10,17H2,1H3,(H,18,21). The van der Waals surface area contributed by atoms with Crippen molar-refractivity contribution in [3.05, 3.63) is 23.8 Å². The van der Waals surface area contributed by atoms with E-state index in [0.717, 1.165) is 11.3 Å². The lowest BCUT2D eigenvalue weighted by Gasteiger charge is -2.28. The lowest BCUT2D eigenvalue weighted by atomic mass is 9.99. The number of amides is 2. The van der Waals surface area contributed by atoms with Crippen LogP contribution in [0.5, 0.6) is 0 Å². The molecule has 0 spiro atoms. The van der Waals surface area contributed by atoms with Crippen molar-refractivity contribution >= 4 is 23.2 Å². The fraction of sp³-hybridized carbons (Fsp3) is 0.500. The molecule has 0 bridgehead atoms. The van der Waals surface area contributed by atoms with Crippen LogP contribution in [0.2, 0.25) is 0 Å². The van der Waals surface area contributed by atoms with Crippen LogP contribution in [0.15, 0.2) is 18.2 Å². The highest BCUT2D eigenvalue weighted by molar-refractivity contribution is 5.99. The van der Waals surface area contributed by atoms with Crippen molar-refractivity contribution in [3.63, 3.8) is 0 Å². The number of nitrogens with two attached hydrogens (primary N) is 1. The zero-order valence-corrected chi connectivity index (χ0v) is 13.1. The monoisotopic (exact) mass is 319 g/mol. The van der Waals surface area contributed by atoms with Gasteiger partial charge >= 0.3 is 0 Å². The maximum Gasteiger partial charge on any atom is 0.253 e. The Hall–Kier alpha value is -1.96. The number of carbonyl (C=O) groups is 2. The Kier molecular flexibility index (Phi) is 4.34. The summed E-state index contributed by atoms with van der Waals surface area (Å²) in [5.41, 5.74) is 7.49. The fourth-order valence-electron chi connectivity index (χ4n) is 2.82. The van der Waals surface area contributed by atoms with Gasteiger partial charge in [-0.25, -0.2) is 0 Å². The molecular formula is C16H21N3O4. The first-order valence-electron chi connectivity index (χ1n) is 7.66. The summed E-state index contributed by atoms with van der Waals surface area (Å²) in [7, 11) is 0. The number of hydrogen-bond acceptors (Lipinski definition) is 5. The van der Waals surface area contributed by atoms with Crippen LogP contribution in [0, 0.1) is 6.92 Å². The first-order chi connectivity index (χ1) is 11.0. The Morgan fingerprint density at radius 3 is 2.83 bits per heavy atom. The van der Waals surface area contributed by atoms with Crippen molar-refractivity contribution in [2.45, 2.75) is 18.9 Å². The van der Waals surface area contributed by atoms with Crippen LogP contribution in [-0.2, 0) is 19.1 Å². The molecule has 2 heterocycles. The molecule has 1 atom stereocenters. The largest absolute Gasteiger partial charge is 0.379 e. The molecule has 2 saturated heterocycles. The quantitative estimate of drug-likeness (QED) is 0.842. The average Bonchev–Trinajstić information content (AvgIpc) is 2.97. The molecule has 2 fully saturated rings. The second-order valence-corrected chi connectivity index (χ2v) is 6.01. The van der Waals surface area contributed by atoms with Crippen LogP contribution in [0.3, 0.4) is 0 Å². The Morgan fingerprint density at radius 2 is 2.17 bits per heavy atom. The molecule has 0 aliphatic carbocycles. The van der Waals surface area contributed by atoms with Gasteiger partial charge in [0, 0.05) is 24.5 Å². The van der Waals surface area contributed by atoms with Gasteiger partial charge < -0.3 is 25.4 Å². The van der Waals surface area contributed by atoms with Crippen LogP contribution in [-0.4, -0.2) is 50.3 Å². The molecule has 1 aromatic carbocycles. The van der Waals surface area contributed by atoms with E-state index in [1.54, 1.807) is 11.0 Å². The zero-order chi connectivity index (χ0) is 16.4. The molecule has 2 amide bonds. The maximum atomic E-state index is 12.3. The molecular weight excluding hydrogens is 298 g/mol. The zero-order valence-electron chi connectivity index (χ0n) is 13.1. The molecule has 7 heteroatoms. The van der Waals surface area contributed by atoms with E-state index in [1.807, 2.05) is 19.1 Å². The van der Waals surface area contributed by atoms with Gasteiger partial charge in [-0.1, -0.05) is 0 Å². The number of anilines is 2. The van der Waals surface area contributed by atoms with Gasteiger partial charge in [0.15, 0.2) is 0 Å². The summed E-state index contributed by atoms with van der Waals surface area (Å²) in [6, 6.07) is 5.46. The predicted molar refractivity (Wildman–Crippen MR) is 85.3 cm³/mol. The smallest absolute Gasteiger partial charge is 0.253 e. The summed E-state index contributed by atoms with van der Waals surface area (Å²) in [5, 5.41) is 2.83. The van der Waals surface area contributed by atoms with E-state index in [4.69, 9.17) is 15.2 Å². The van der Waals surface area contributed by atoms with E-state index in [9.17, 15) is 9.59 Å². The average molecular weight is 319 g/mol. The molecule has 1 aromatic rings. The van der Waals surface area contributed by atoms with Gasteiger partial charge in [-0.3, -0.25) is 9.59 Å². The Labute approximate surface area is 134 Å². The summed E-state index contributed by atoms with van der Waals surface area (Å²) >= 11 is 0. The van der Waals surface area contributed by atoms with Gasteiger partial charge in [0.05, 0.1) is 13.2 Å². The minimum atomic E-state index is -0.966. The number of aryl methyl sites for hydroxylation is 1. The van der Waals surface area contributed by atoms with Crippen molar-refractivity contribution in [3.8, 4) is 0 Å². The molecule has 0 aromatic heterocycles. The minimum absolute atomic E-state index is 0.0554. The van der Waals surface area contributed by atoms with Crippen LogP contribution in [0.4, 0.5) is 11.4 Å². The lowest BCUT2D eigenvalue weighted by molar-refractivity contribution is -0.125. The lowest BCUT2D eigenvalue weighted by Crippen LogP contribution is -2.51. The van der Waals surface area contributed by atoms with E-state index >= 15 is 0 Å². The van der Waals surface area contributed by atoms with Crippen molar-refractivity contribution in [1.29, 1.82) is 0 Å². The second-order valence-electron chi connectivity index (χ2n) is 6.01. The maximum absolute atomic E-state index is 12.3. The second kappa shape index (κ2) is 6.27. The van der Waals surface area contributed by atoms with E-state index in [-0.39, 0.29) is 25.0 Å². The van der Waals surface area contributed by atoms with Crippen molar-refractivity contribution in [1.82, 2.24) is 0 Å². The SMILES string of the molecule is Cc1cc(NC(=O)C2(N)CCOC2)ccc1N1CCOCC1=O. The van der Waals surface area contributed by atoms with E-state index in [0.29, 0.717) is 31.9 Å². The summed E-state index contributed by atoms with van der Waals surface area (Å²) < 4.78 is 10.4. The molecule has 2 aliphatic heterocycles.